The number of imidazole rings is 1. The van der Waals surface area contributed by atoms with Gasteiger partial charge in [0.15, 0.2) is 0 Å². The van der Waals surface area contributed by atoms with Gasteiger partial charge in [0.05, 0.1) is 11.9 Å². The third-order valence-corrected chi connectivity index (χ3v) is 4.06. The highest BCUT2D eigenvalue weighted by Crippen LogP contribution is 2.32. The zero-order chi connectivity index (χ0) is 17.1. The Labute approximate surface area is 145 Å². The molecule has 3 aromatic carbocycles. The monoisotopic (exact) mass is 325 g/mol. The molecular formula is C21H15N3O. The quantitative estimate of drug-likeness (QED) is 0.544. The molecule has 120 valence electrons. The molecule has 0 N–H and O–H groups in total. The van der Waals surface area contributed by atoms with Crippen LogP contribution in [0, 0.1) is 11.3 Å². The number of nitrogens with zero attached hydrogens (tertiary/aromatic N) is 3. The summed E-state index contributed by atoms with van der Waals surface area (Å²) in [4.78, 5) is 4.06. The van der Waals surface area contributed by atoms with E-state index in [1.807, 2.05) is 65.4 Å². The Kier molecular flexibility index (Phi) is 3.89. The molecule has 0 aliphatic heterocycles. The first-order valence-electron chi connectivity index (χ1n) is 7.98. The molecule has 4 aromatic rings. The third-order valence-electron chi connectivity index (χ3n) is 4.06. The summed E-state index contributed by atoms with van der Waals surface area (Å²) in [6, 6.07) is 21.8. The van der Waals surface area contributed by atoms with E-state index >= 15 is 0 Å². The van der Waals surface area contributed by atoms with E-state index in [1.54, 1.807) is 18.6 Å². The molecule has 1 heterocycles. The largest absolute Gasteiger partial charge is 0.455 e. The normalized spacial score (nSPS) is 10.5. The fraction of sp³-hybridized carbons (Fsp3) is 0.0476. The summed E-state index contributed by atoms with van der Waals surface area (Å²) in [5.74, 6) is 1.31. The minimum atomic E-state index is 0.516. The fourth-order valence-corrected chi connectivity index (χ4v) is 2.84. The molecule has 0 radical (unpaired) electrons. The van der Waals surface area contributed by atoms with Crippen LogP contribution in [-0.4, -0.2) is 9.55 Å². The topological polar surface area (TPSA) is 50.8 Å². The maximum absolute atomic E-state index is 9.41. The van der Waals surface area contributed by atoms with Crippen molar-refractivity contribution in [3.8, 4) is 17.6 Å². The SMILES string of the molecule is N#Cc1ccc(Cn2ccnc2)cc1Oc1cccc2ccccc12. The predicted molar refractivity (Wildman–Crippen MR) is 96.5 cm³/mol. The maximum Gasteiger partial charge on any atom is 0.145 e. The highest BCUT2D eigenvalue weighted by Gasteiger charge is 2.09. The van der Waals surface area contributed by atoms with Crippen LogP contribution in [0.2, 0.25) is 0 Å². The van der Waals surface area contributed by atoms with E-state index in [1.165, 1.54) is 0 Å². The van der Waals surface area contributed by atoms with Crippen LogP contribution in [0.3, 0.4) is 0 Å². The molecule has 4 nitrogen and oxygen atoms in total. The third kappa shape index (κ3) is 3.08. The van der Waals surface area contributed by atoms with Gasteiger partial charge in [-0.05, 0) is 29.1 Å². The lowest BCUT2D eigenvalue weighted by atomic mass is 10.1. The molecule has 1 aromatic heterocycles. The lowest BCUT2D eigenvalue weighted by Gasteiger charge is -2.12. The summed E-state index contributed by atoms with van der Waals surface area (Å²) in [7, 11) is 0. The van der Waals surface area contributed by atoms with E-state index in [2.05, 4.69) is 11.1 Å². The van der Waals surface area contributed by atoms with Crippen molar-refractivity contribution in [2.45, 2.75) is 6.54 Å². The summed E-state index contributed by atoms with van der Waals surface area (Å²) in [5.41, 5.74) is 1.56. The van der Waals surface area contributed by atoms with E-state index in [0.29, 0.717) is 17.9 Å². The fourth-order valence-electron chi connectivity index (χ4n) is 2.84. The Bertz CT molecular complexity index is 1060. The number of aromatic nitrogens is 2. The molecule has 0 atom stereocenters. The lowest BCUT2D eigenvalue weighted by molar-refractivity contribution is 0.485. The van der Waals surface area contributed by atoms with Crippen LogP contribution < -0.4 is 4.74 Å². The molecule has 0 saturated heterocycles. The number of ether oxygens (including phenoxy) is 1. The van der Waals surface area contributed by atoms with Gasteiger partial charge in [-0.15, -0.1) is 0 Å². The second-order valence-electron chi connectivity index (χ2n) is 5.76. The first-order chi connectivity index (χ1) is 12.3. The number of nitriles is 1. The van der Waals surface area contributed by atoms with Gasteiger partial charge in [0.2, 0.25) is 0 Å². The number of fused-ring (bicyclic) bond motifs is 1. The average molecular weight is 325 g/mol. The molecule has 0 fully saturated rings. The molecule has 0 spiro atoms. The van der Waals surface area contributed by atoms with E-state index in [9.17, 15) is 5.26 Å². The Morgan fingerprint density at radius 1 is 1.00 bits per heavy atom. The minimum Gasteiger partial charge on any atom is -0.455 e. The number of hydrogen-bond acceptors (Lipinski definition) is 3. The number of benzene rings is 3. The van der Waals surface area contributed by atoms with Crippen LogP contribution >= 0.6 is 0 Å². The first kappa shape index (κ1) is 15.0. The van der Waals surface area contributed by atoms with Crippen molar-refractivity contribution in [1.82, 2.24) is 9.55 Å². The molecule has 25 heavy (non-hydrogen) atoms. The van der Waals surface area contributed by atoms with Crippen LogP contribution in [0.5, 0.6) is 11.5 Å². The summed E-state index contributed by atoms with van der Waals surface area (Å²) < 4.78 is 8.10. The standard InChI is InChI=1S/C21H15N3O/c22-13-18-9-8-16(14-24-11-10-23-15-24)12-21(18)25-20-7-3-5-17-4-1-2-6-19(17)20/h1-12,15H,14H2. The molecule has 0 aliphatic rings. The lowest BCUT2D eigenvalue weighted by Crippen LogP contribution is -1.98. The minimum absolute atomic E-state index is 0.516. The van der Waals surface area contributed by atoms with E-state index < -0.39 is 0 Å². The maximum atomic E-state index is 9.41. The van der Waals surface area contributed by atoms with Crippen LogP contribution in [0.1, 0.15) is 11.1 Å². The van der Waals surface area contributed by atoms with Crippen molar-refractivity contribution in [3.05, 3.63) is 90.5 Å². The molecule has 0 amide bonds. The molecular weight excluding hydrogens is 310 g/mol. The predicted octanol–water partition coefficient (Wildman–Crippen LogP) is 4.75. The highest BCUT2D eigenvalue weighted by atomic mass is 16.5. The number of rotatable bonds is 4. The van der Waals surface area contributed by atoms with E-state index in [0.717, 1.165) is 22.1 Å². The smallest absolute Gasteiger partial charge is 0.145 e. The van der Waals surface area contributed by atoms with Crippen molar-refractivity contribution in [2.24, 2.45) is 0 Å². The Hall–Kier alpha value is -3.58. The summed E-state index contributed by atoms with van der Waals surface area (Å²) in [6.45, 7) is 0.678. The zero-order valence-electron chi connectivity index (χ0n) is 13.5. The molecule has 4 rings (SSSR count). The van der Waals surface area contributed by atoms with E-state index in [-0.39, 0.29) is 0 Å². The van der Waals surface area contributed by atoms with E-state index in [4.69, 9.17) is 4.74 Å². The zero-order valence-corrected chi connectivity index (χ0v) is 13.5. The van der Waals surface area contributed by atoms with Crippen molar-refractivity contribution >= 4 is 10.8 Å². The van der Waals surface area contributed by atoms with Gasteiger partial charge in [0, 0.05) is 24.3 Å². The summed E-state index contributed by atoms with van der Waals surface area (Å²) in [5, 5.41) is 11.5. The molecule has 0 aliphatic carbocycles. The summed E-state index contributed by atoms with van der Waals surface area (Å²) in [6.07, 6.45) is 5.42. The molecule has 0 unspecified atom stereocenters. The van der Waals surface area contributed by atoms with Crippen molar-refractivity contribution in [1.29, 1.82) is 5.26 Å². The van der Waals surface area contributed by atoms with Gasteiger partial charge < -0.3 is 9.30 Å². The molecule has 4 heteroatoms. The molecule has 0 saturated carbocycles. The Morgan fingerprint density at radius 3 is 2.72 bits per heavy atom. The highest BCUT2D eigenvalue weighted by molar-refractivity contribution is 5.88. The van der Waals surface area contributed by atoms with Gasteiger partial charge in [0.25, 0.3) is 0 Å². The van der Waals surface area contributed by atoms with Crippen LogP contribution in [0.25, 0.3) is 10.8 Å². The first-order valence-corrected chi connectivity index (χ1v) is 7.98. The van der Waals surface area contributed by atoms with Crippen LogP contribution in [0.15, 0.2) is 79.4 Å². The second-order valence-corrected chi connectivity index (χ2v) is 5.76. The van der Waals surface area contributed by atoms with Crippen molar-refractivity contribution < 1.29 is 4.74 Å². The Balaban J connectivity index is 1.72. The molecule has 0 bridgehead atoms. The van der Waals surface area contributed by atoms with Crippen LogP contribution in [0.4, 0.5) is 0 Å². The van der Waals surface area contributed by atoms with Gasteiger partial charge in [-0.1, -0.05) is 42.5 Å². The summed E-state index contributed by atoms with van der Waals surface area (Å²) >= 11 is 0. The van der Waals surface area contributed by atoms with Crippen molar-refractivity contribution in [2.75, 3.05) is 0 Å². The van der Waals surface area contributed by atoms with Gasteiger partial charge in [-0.3, -0.25) is 0 Å². The second kappa shape index (κ2) is 6.50. The average Bonchev–Trinajstić information content (AvgIpc) is 3.15. The van der Waals surface area contributed by atoms with Crippen LogP contribution in [-0.2, 0) is 6.54 Å². The van der Waals surface area contributed by atoms with Gasteiger partial charge in [0.1, 0.15) is 17.6 Å². The Morgan fingerprint density at radius 2 is 1.88 bits per heavy atom. The number of hydrogen-bond donors (Lipinski definition) is 0. The van der Waals surface area contributed by atoms with Gasteiger partial charge in [-0.2, -0.15) is 5.26 Å². The van der Waals surface area contributed by atoms with Gasteiger partial charge in [-0.25, -0.2) is 4.98 Å². The van der Waals surface area contributed by atoms with Gasteiger partial charge >= 0.3 is 0 Å². The van der Waals surface area contributed by atoms with Crippen molar-refractivity contribution in [3.63, 3.8) is 0 Å².